The second-order valence-corrected chi connectivity index (χ2v) is 11.4. The zero-order valence-corrected chi connectivity index (χ0v) is 22.6. The third-order valence-corrected chi connectivity index (χ3v) is 6.78. The molecule has 2 nitrogen and oxygen atoms in total. The summed E-state index contributed by atoms with van der Waals surface area (Å²) < 4.78 is 8.37. The monoisotopic (exact) mass is 465 g/mol. The van der Waals surface area contributed by atoms with E-state index in [1.54, 1.807) is 0 Å². The molecule has 0 aliphatic heterocycles. The van der Waals surface area contributed by atoms with Crippen LogP contribution in [0.3, 0.4) is 0 Å². The number of hydrogen-bond acceptors (Lipinski definition) is 1. The van der Waals surface area contributed by atoms with E-state index in [0.717, 1.165) is 11.3 Å². The van der Waals surface area contributed by atoms with E-state index in [-0.39, 0.29) is 10.8 Å². The van der Waals surface area contributed by atoms with Crippen LogP contribution in [0.1, 0.15) is 59.6 Å². The zero-order chi connectivity index (χ0) is 25.4. The van der Waals surface area contributed by atoms with Gasteiger partial charge in [0, 0.05) is 23.9 Å². The number of para-hydroxylation sites is 1. The molecule has 182 valence electrons. The van der Waals surface area contributed by atoms with E-state index in [1.807, 2.05) is 13.0 Å². The Morgan fingerprint density at radius 3 is 1.69 bits per heavy atom. The molecule has 0 radical (unpaired) electrons. The Labute approximate surface area is 211 Å². The molecule has 0 saturated heterocycles. The Morgan fingerprint density at radius 2 is 1.17 bits per heavy atom. The average Bonchev–Trinajstić information content (AvgIpc) is 3.15. The molecule has 0 spiro atoms. The molecule has 0 aliphatic rings. The predicted molar refractivity (Wildman–Crippen MR) is 150 cm³/mol. The van der Waals surface area contributed by atoms with Crippen LogP contribution in [0.25, 0.3) is 33.6 Å². The van der Waals surface area contributed by atoms with Crippen molar-refractivity contribution in [2.24, 2.45) is 7.05 Å². The van der Waals surface area contributed by atoms with Gasteiger partial charge < -0.3 is 9.30 Å². The lowest BCUT2D eigenvalue weighted by molar-refractivity contribution is 0.341. The third kappa shape index (κ3) is 5.07. The standard InChI is InChI=1S/C33H39NO/c1-9-35-30-13-11-10-12-27(30)28-22-29(23-14-18-25(19-15-23)32(2,3)4)34(8)31(28)24-16-20-26(21-17-24)33(5,6)7/h10-22H,9H2,1-8H3. The van der Waals surface area contributed by atoms with Gasteiger partial charge in [0.15, 0.2) is 0 Å². The normalized spacial score (nSPS) is 12.1. The maximum absolute atomic E-state index is 6.04. The fraction of sp³-hybridized carbons (Fsp3) is 0.333. The highest BCUT2D eigenvalue weighted by Gasteiger charge is 2.21. The van der Waals surface area contributed by atoms with Crippen LogP contribution >= 0.6 is 0 Å². The Balaban J connectivity index is 1.92. The molecule has 0 aliphatic carbocycles. The van der Waals surface area contributed by atoms with E-state index in [0.29, 0.717) is 6.61 Å². The van der Waals surface area contributed by atoms with Crippen molar-refractivity contribution in [1.29, 1.82) is 0 Å². The van der Waals surface area contributed by atoms with Crippen molar-refractivity contribution < 1.29 is 4.74 Å². The topological polar surface area (TPSA) is 14.2 Å². The number of ether oxygens (including phenoxy) is 1. The van der Waals surface area contributed by atoms with E-state index in [4.69, 9.17) is 4.74 Å². The second-order valence-electron chi connectivity index (χ2n) is 11.4. The summed E-state index contributed by atoms with van der Waals surface area (Å²) in [4.78, 5) is 0. The second kappa shape index (κ2) is 9.41. The summed E-state index contributed by atoms with van der Waals surface area (Å²) in [5.74, 6) is 0.919. The number of benzene rings is 3. The number of hydrogen-bond donors (Lipinski definition) is 0. The molecule has 0 atom stereocenters. The average molecular weight is 466 g/mol. The lowest BCUT2D eigenvalue weighted by Gasteiger charge is -2.20. The van der Waals surface area contributed by atoms with Gasteiger partial charge in [0.25, 0.3) is 0 Å². The van der Waals surface area contributed by atoms with Crippen LogP contribution in [0, 0.1) is 0 Å². The number of nitrogens with zero attached hydrogens (tertiary/aromatic N) is 1. The van der Waals surface area contributed by atoms with Crippen molar-refractivity contribution in [1.82, 2.24) is 4.57 Å². The van der Waals surface area contributed by atoms with E-state index < -0.39 is 0 Å². The van der Waals surface area contributed by atoms with Crippen molar-refractivity contribution >= 4 is 0 Å². The van der Waals surface area contributed by atoms with Gasteiger partial charge in [0.1, 0.15) is 5.75 Å². The Hall–Kier alpha value is -3.26. The van der Waals surface area contributed by atoms with Gasteiger partial charge in [0.05, 0.1) is 12.3 Å². The van der Waals surface area contributed by atoms with Crippen LogP contribution in [-0.2, 0) is 17.9 Å². The van der Waals surface area contributed by atoms with E-state index in [1.165, 1.54) is 39.2 Å². The molecule has 0 unspecified atom stereocenters. The molecule has 2 heteroatoms. The van der Waals surface area contributed by atoms with Gasteiger partial charge in [0.2, 0.25) is 0 Å². The Kier molecular flexibility index (Phi) is 6.68. The minimum atomic E-state index is 0.122. The van der Waals surface area contributed by atoms with Gasteiger partial charge in [-0.3, -0.25) is 0 Å². The summed E-state index contributed by atoms with van der Waals surface area (Å²) in [6.07, 6.45) is 0. The molecule has 0 N–H and O–H groups in total. The molecule has 4 rings (SSSR count). The molecule has 3 aromatic carbocycles. The maximum atomic E-state index is 6.04. The first-order valence-electron chi connectivity index (χ1n) is 12.6. The smallest absolute Gasteiger partial charge is 0.127 e. The summed E-state index contributed by atoms with van der Waals surface area (Å²) in [5.41, 5.74) is 10.1. The van der Waals surface area contributed by atoms with Crippen molar-refractivity contribution in [2.45, 2.75) is 59.3 Å². The van der Waals surface area contributed by atoms with E-state index in [2.05, 4.69) is 126 Å². The SMILES string of the molecule is CCOc1ccccc1-c1cc(-c2ccc(C(C)(C)C)cc2)n(C)c1-c1ccc(C(C)(C)C)cc1. The van der Waals surface area contributed by atoms with E-state index >= 15 is 0 Å². The van der Waals surface area contributed by atoms with Gasteiger partial charge in [-0.1, -0.05) is 108 Å². The molecule has 1 aromatic heterocycles. The van der Waals surface area contributed by atoms with Crippen LogP contribution in [0.4, 0.5) is 0 Å². The van der Waals surface area contributed by atoms with Gasteiger partial charge in [-0.15, -0.1) is 0 Å². The minimum absolute atomic E-state index is 0.122. The largest absolute Gasteiger partial charge is 0.493 e. The number of rotatable bonds is 5. The van der Waals surface area contributed by atoms with Gasteiger partial charge in [-0.2, -0.15) is 0 Å². The number of aromatic nitrogens is 1. The molecule has 1 heterocycles. The molecular formula is C33H39NO. The van der Waals surface area contributed by atoms with Crippen molar-refractivity contribution in [3.05, 3.63) is 90.0 Å². The summed E-state index contributed by atoms with van der Waals surface area (Å²) in [6, 6.07) is 28.7. The van der Waals surface area contributed by atoms with Crippen LogP contribution in [-0.4, -0.2) is 11.2 Å². The fourth-order valence-electron chi connectivity index (χ4n) is 4.67. The maximum Gasteiger partial charge on any atom is 0.127 e. The van der Waals surface area contributed by atoms with Crippen LogP contribution in [0.5, 0.6) is 5.75 Å². The van der Waals surface area contributed by atoms with Crippen molar-refractivity contribution in [2.75, 3.05) is 6.61 Å². The fourth-order valence-corrected chi connectivity index (χ4v) is 4.67. The predicted octanol–water partition coefficient (Wildman–Crippen LogP) is 9.02. The van der Waals surface area contributed by atoms with Gasteiger partial charge in [-0.25, -0.2) is 0 Å². The van der Waals surface area contributed by atoms with Crippen LogP contribution in [0.2, 0.25) is 0 Å². The quantitative estimate of drug-likeness (QED) is 0.287. The third-order valence-electron chi connectivity index (χ3n) is 6.78. The molecule has 35 heavy (non-hydrogen) atoms. The first kappa shape index (κ1) is 24.9. The highest BCUT2D eigenvalue weighted by Crippen LogP contribution is 2.42. The lowest BCUT2D eigenvalue weighted by Crippen LogP contribution is -2.10. The highest BCUT2D eigenvalue weighted by molar-refractivity contribution is 5.89. The summed E-state index contributed by atoms with van der Waals surface area (Å²) in [7, 11) is 2.17. The summed E-state index contributed by atoms with van der Waals surface area (Å²) in [5, 5.41) is 0. The highest BCUT2D eigenvalue weighted by atomic mass is 16.5. The molecular weight excluding hydrogens is 426 g/mol. The Morgan fingerprint density at radius 1 is 0.657 bits per heavy atom. The van der Waals surface area contributed by atoms with Crippen molar-refractivity contribution in [3.8, 4) is 39.4 Å². The summed E-state index contributed by atoms with van der Waals surface area (Å²) in [6.45, 7) is 16.2. The van der Waals surface area contributed by atoms with Gasteiger partial charge >= 0.3 is 0 Å². The van der Waals surface area contributed by atoms with E-state index in [9.17, 15) is 0 Å². The zero-order valence-electron chi connectivity index (χ0n) is 22.6. The molecule has 0 fully saturated rings. The van der Waals surface area contributed by atoms with Crippen molar-refractivity contribution in [3.63, 3.8) is 0 Å². The first-order valence-corrected chi connectivity index (χ1v) is 12.6. The molecule has 0 saturated carbocycles. The van der Waals surface area contributed by atoms with Gasteiger partial charge in [-0.05, 0) is 52.1 Å². The first-order chi connectivity index (χ1) is 16.5. The summed E-state index contributed by atoms with van der Waals surface area (Å²) >= 11 is 0. The minimum Gasteiger partial charge on any atom is -0.493 e. The van der Waals surface area contributed by atoms with Crippen LogP contribution in [0.15, 0.2) is 78.9 Å². The Bertz CT molecular complexity index is 1290. The molecule has 4 aromatic rings. The molecule has 0 bridgehead atoms. The van der Waals surface area contributed by atoms with Crippen LogP contribution < -0.4 is 4.74 Å². The lowest BCUT2D eigenvalue weighted by atomic mass is 9.86. The molecule has 0 amide bonds.